The normalized spacial score (nSPS) is 23.2. The molecule has 0 spiro atoms. The zero-order valence-electron chi connectivity index (χ0n) is 18.6. The van der Waals surface area contributed by atoms with Gasteiger partial charge in [-0.05, 0) is 50.2 Å². The third-order valence-electron chi connectivity index (χ3n) is 6.90. The van der Waals surface area contributed by atoms with E-state index in [4.69, 9.17) is 0 Å². The number of likely N-dealkylation sites (tertiary alicyclic amines) is 1. The van der Waals surface area contributed by atoms with E-state index in [-0.39, 0.29) is 35.8 Å². The Balaban J connectivity index is 1.24. The lowest BCUT2D eigenvalue weighted by Crippen LogP contribution is -2.63. The van der Waals surface area contributed by atoms with Crippen LogP contribution in [0.2, 0.25) is 0 Å². The fraction of sp³-hybridized carbons (Fsp3) is 0.609. The highest BCUT2D eigenvalue weighted by atomic mass is 19.4. The van der Waals surface area contributed by atoms with Crippen LogP contribution in [0.25, 0.3) is 10.8 Å². The molecule has 2 fully saturated rings. The number of aliphatic hydroxyl groups is 1. The zero-order valence-corrected chi connectivity index (χ0v) is 18.6. The molecule has 0 bridgehead atoms. The van der Waals surface area contributed by atoms with E-state index in [1.54, 1.807) is 0 Å². The van der Waals surface area contributed by atoms with E-state index in [1.165, 1.54) is 12.3 Å². The Labute approximate surface area is 190 Å². The van der Waals surface area contributed by atoms with Gasteiger partial charge in [0.25, 0.3) is 0 Å². The van der Waals surface area contributed by atoms with Gasteiger partial charge < -0.3 is 15.7 Å². The quantitative estimate of drug-likeness (QED) is 0.582. The summed E-state index contributed by atoms with van der Waals surface area (Å²) >= 11 is 0. The van der Waals surface area contributed by atoms with Crippen molar-refractivity contribution in [3.63, 3.8) is 0 Å². The second-order valence-electron chi connectivity index (χ2n) is 9.11. The van der Waals surface area contributed by atoms with Crippen LogP contribution in [0.5, 0.6) is 0 Å². The summed E-state index contributed by atoms with van der Waals surface area (Å²) in [5.41, 5.74) is -0.775. The van der Waals surface area contributed by atoms with Gasteiger partial charge in [-0.15, -0.1) is 5.10 Å². The van der Waals surface area contributed by atoms with Gasteiger partial charge in [-0.25, -0.2) is 0 Å². The van der Waals surface area contributed by atoms with Gasteiger partial charge in [-0.3, -0.25) is 9.69 Å². The molecule has 1 unspecified atom stereocenters. The lowest BCUT2D eigenvalue weighted by molar-refractivity contribution is -0.137. The number of benzene rings is 1. The molecule has 1 aliphatic carbocycles. The summed E-state index contributed by atoms with van der Waals surface area (Å²) in [4.78, 5) is 14.7. The molecule has 2 aromatic rings. The zero-order chi connectivity index (χ0) is 23.6. The molecule has 0 radical (unpaired) electrons. The fourth-order valence-electron chi connectivity index (χ4n) is 4.91. The van der Waals surface area contributed by atoms with Gasteiger partial charge in [0.15, 0.2) is 5.82 Å². The first-order chi connectivity index (χ1) is 15.7. The molecule has 10 heteroatoms. The van der Waals surface area contributed by atoms with E-state index in [1.807, 2.05) is 6.92 Å². The van der Waals surface area contributed by atoms with Crippen LogP contribution in [0.4, 0.5) is 19.0 Å². The maximum atomic E-state index is 13.1. The molecule has 2 heterocycles. The predicted octanol–water partition coefficient (Wildman–Crippen LogP) is 3.19. The first-order valence-corrected chi connectivity index (χ1v) is 11.5. The number of amides is 1. The number of hydrogen-bond acceptors (Lipinski definition) is 6. The maximum Gasteiger partial charge on any atom is 0.416 e. The molecule has 33 heavy (non-hydrogen) atoms. The van der Waals surface area contributed by atoms with E-state index in [2.05, 4.69) is 25.7 Å². The topological polar surface area (TPSA) is 90.4 Å². The highest BCUT2D eigenvalue weighted by Crippen LogP contribution is 2.33. The molecule has 1 aliphatic heterocycles. The Morgan fingerprint density at radius 1 is 1.24 bits per heavy atom. The number of alkyl halides is 3. The molecule has 1 saturated carbocycles. The van der Waals surface area contributed by atoms with Crippen molar-refractivity contribution < 1.29 is 23.1 Å². The summed E-state index contributed by atoms with van der Waals surface area (Å²) in [6.45, 7) is 3.50. The number of rotatable bonds is 7. The first-order valence-electron chi connectivity index (χ1n) is 11.5. The maximum absolute atomic E-state index is 13.1. The summed E-state index contributed by atoms with van der Waals surface area (Å²) in [6.07, 6.45) is 1.76. The Bertz CT molecular complexity index is 972. The summed E-state index contributed by atoms with van der Waals surface area (Å²) in [5, 5.41) is 24.3. The molecule has 3 N–H and O–H groups in total. The fourth-order valence-corrected chi connectivity index (χ4v) is 4.91. The van der Waals surface area contributed by atoms with E-state index in [0.29, 0.717) is 17.3 Å². The van der Waals surface area contributed by atoms with Crippen LogP contribution >= 0.6 is 0 Å². The lowest BCUT2D eigenvalue weighted by Gasteiger charge is -2.47. The molecule has 2 aliphatic rings. The number of carbonyl (C=O) groups is 1. The summed E-state index contributed by atoms with van der Waals surface area (Å²) in [5.74, 6) is 0.314. The lowest BCUT2D eigenvalue weighted by atomic mass is 9.80. The van der Waals surface area contributed by atoms with Crippen LogP contribution in [0.1, 0.15) is 44.6 Å². The summed E-state index contributed by atoms with van der Waals surface area (Å²) in [7, 11) is 0. The molecule has 1 atom stereocenters. The average molecular weight is 466 g/mol. The summed E-state index contributed by atoms with van der Waals surface area (Å²) in [6, 6.07) is 3.93. The summed E-state index contributed by atoms with van der Waals surface area (Å²) < 4.78 is 39.2. The van der Waals surface area contributed by atoms with E-state index >= 15 is 0 Å². The number of aromatic nitrogens is 2. The van der Waals surface area contributed by atoms with Gasteiger partial charge in [0.1, 0.15) is 0 Å². The molecule has 1 saturated heterocycles. The SMILES string of the molecule is CCC(O)[C@H]1CC[C@@H](N2CC(NC(=O)CNc3nncc4ccc(C(F)(F)F)cc34)C2)CC1. The molecule has 180 valence electrons. The molecule has 1 aromatic carbocycles. The van der Waals surface area contributed by atoms with Gasteiger partial charge in [0, 0.05) is 29.9 Å². The number of aliphatic hydroxyl groups excluding tert-OH is 1. The Morgan fingerprint density at radius 3 is 2.64 bits per heavy atom. The Hall–Kier alpha value is -2.46. The number of nitrogens with zero attached hydrogens (tertiary/aromatic N) is 3. The monoisotopic (exact) mass is 465 g/mol. The van der Waals surface area contributed by atoms with E-state index in [0.717, 1.165) is 57.3 Å². The third kappa shape index (κ3) is 5.55. The largest absolute Gasteiger partial charge is 0.416 e. The van der Waals surface area contributed by atoms with E-state index < -0.39 is 11.7 Å². The van der Waals surface area contributed by atoms with Crippen molar-refractivity contribution in [2.75, 3.05) is 25.0 Å². The Morgan fingerprint density at radius 2 is 1.97 bits per heavy atom. The van der Waals surface area contributed by atoms with Crippen molar-refractivity contribution in [1.82, 2.24) is 20.4 Å². The Kier molecular flexibility index (Phi) is 7.04. The highest BCUT2D eigenvalue weighted by molar-refractivity contribution is 5.93. The third-order valence-corrected chi connectivity index (χ3v) is 6.90. The molecule has 7 nitrogen and oxygen atoms in total. The molecular formula is C23H30F3N5O2. The number of hydrogen-bond donors (Lipinski definition) is 3. The second kappa shape index (κ2) is 9.80. The van der Waals surface area contributed by atoms with Crippen LogP contribution in [-0.4, -0.2) is 63.9 Å². The minimum absolute atomic E-state index is 0.0636. The standard InChI is InChI=1S/C23H30F3N5O2/c1-2-20(32)14-4-7-18(8-5-14)31-12-17(13-31)29-21(33)11-27-22-19-9-16(23(24,25)26)6-3-15(19)10-28-30-22/h3,6,9-10,14,17-18,20,32H,2,4-5,7-8,11-13H2,1H3,(H,27,30)(H,29,33)/t14-,18+,20?. The van der Waals surface area contributed by atoms with Crippen molar-refractivity contribution in [3.05, 3.63) is 30.0 Å². The molecule has 4 rings (SSSR count). The van der Waals surface area contributed by atoms with Crippen molar-refractivity contribution >= 4 is 22.5 Å². The molecule has 1 amide bonds. The smallest absolute Gasteiger partial charge is 0.393 e. The van der Waals surface area contributed by atoms with Gasteiger partial charge in [-0.1, -0.05) is 13.0 Å². The van der Waals surface area contributed by atoms with Gasteiger partial charge in [0.2, 0.25) is 5.91 Å². The van der Waals surface area contributed by atoms with Crippen molar-refractivity contribution in [1.29, 1.82) is 0 Å². The van der Waals surface area contributed by atoms with Crippen LogP contribution in [0, 0.1) is 5.92 Å². The van der Waals surface area contributed by atoms with Crippen LogP contribution < -0.4 is 10.6 Å². The molecule has 1 aromatic heterocycles. The van der Waals surface area contributed by atoms with Crippen LogP contribution in [-0.2, 0) is 11.0 Å². The minimum atomic E-state index is -4.46. The average Bonchev–Trinajstić information content (AvgIpc) is 2.78. The van der Waals surface area contributed by atoms with E-state index in [9.17, 15) is 23.1 Å². The second-order valence-corrected chi connectivity index (χ2v) is 9.11. The van der Waals surface area contributed by atoms with Gasteiger partial charge in [-0.2, -0.15) is 18.3 Å². The van der Waals surface area contributed by atoms with Crippen LogP contribution in [0.15, 0.2) is 24.4 Å². The highest BCUT2D eigenvalue weighted by Gasteiger charge is 2.36. The van der Waals surface area contributed by atoms with Gasteiger partial charge >= 0.3 is 6.18 Å². The van der Waals surface area contributed by atoms with Gasteiger partial charge in [0.05, 0.1) is 30.5 Å². The van der Waals surface area contributed by atoms with Crippen molar-refractivity contribution in [3.8, 4) is 0 Å². The number of anilines is 1. The first kappa shape index (κ1) is 23.7. The van der Waals surface area contributed by atoms with Crippen molar-refractivity contribution in [2.45, 2.75) is 63.4 Å². The number of fused-ring (bicyclic) bond motifs is 1. The minimum Gasteiger partial charge on any atom is -0.393 e. The van der Waals surface area contributed by atoms with Crippen LogP contribution in [0.3, 0.4) is 0 Å². The predicted molar refractivity (Wildman–Crippen MR) is 119 cm³/mol. The molecular weight excluding hydrogens is 435 g/mol. The number of nitrogens with one attached hydrogen (secondary N) is 2. The number of halogens is 3. The van der Waals surface area contributed by atoms with Crippen molar-refractivity contribution in [2.24, 2.45) is 5.92 Å². The number of carbonyl (C=O) groups excluding carboxylic acids is 1.